The molecule has 0 radical (unpaired) electrons. The summed E-state index contributed by atoms with van der Waals surface area (Å²) in [5.74, 6) is 1.60. The molecule has 0 amide bonds. The fourth-order valence-electron chi connectivity index (χ4n) is 7.55. The molecule has 0 aliphatic rings. The van der Waals surface area contributed by atoms with Crippen molar-refractivity contribution in [2.45, 2.75) is 279 Å². The Morgan fingerprint density at radius 3 is 0.912 bits per heavy atom. The van der Waals surface area contributed by atoms with Crippen LogP contribution in [0.4, 0.5) is 0 Å². The highest BCUT2D eigenvalue weighted by Crippen LogP contribution is 2.18. The molecule has 0 fully saturated rings. The number of esters is 3. The average molecular weight is 807 g/mol. The van der Waals surface area contributed by atoms with Gasteiger partial charge in [0.15, 0.2) is 6.10 Å². The van der Waals surface area contributed by atoms with Crippen molar-refractivity contribution in [2.24, 2.45) is 17.8 Å². The lowest BCUT2D eigenvalue weighted by Crippen LogP contribution is -2.30. The van der Waals surface area contributed by atoms with Crippen molar-refractivity contribution in [2.75, 3.05) is 13.2 Å². The Morgan fingerprint density at radius 1 is 0.351 bits per heavy atom. The van der Waals surface area contributed by atoms with Crippen LogP contribution in [0, 0.1) is 17.8 Å². The Labute approximate surface area is 355 Å². The van der Waals surface area contributed by atoms with Crippen molar-refractivity contribution in [3.8, 4) is 0 Å². The third-order valence-electron chi connectivity index (χ3n) is 11.8. The number of ether oxygens (including phenoxy) is 3. The van der Waals surface area contributed by atoms with Crippen LogP contribution in [0.15, 0.2) is 0 Å². The standard InChI is InChI=1S/C51H98O6/c1-7-47(6)39-33-27-20-16-12-10-8-9-11-13-17-21-28-34-40-49(52)55-43-48(57-51(54)42-36-30-24-23-26-32-38-46(4)5)44-56-50(53)41-35-29-22-18-14-15-19-25-31-37-45(2)3/h45-48H,7-44H2,1-6H3/t47?,48-/m0/s1. The van der Waals surface area contributed by atoms with Gasteiger partial charge in [0.25, 0.3) is 0 Å². The first-order chi connectivity index (χ1) is 27.6. The molecule has 0 aromatic rings. The molecule has 338 valence electrons. The van der Waals surface area contributed by atoms with E-state index in [9.17, 15) is 14.4 Å². The zero-order valence-electron chi connectivity index (χ0n) is 39.1. The molecule has 0 bridgehead atoms. The molecule has 0 aliphatic carbocycles. The van der Waals surface area contributed by atoms with Gasteiger partial charge in [0.2, 0.25) is 0 Å². The van der Waals surface area contributed by atoms with E-state index in [-0.39, 0.29) is 31.1 Å². The summed E-state index contributed by atoms with van der Waals surface area (Å²) in [5.41, 5.74) is 0. The maximum Gasteiger partial charge on any atom is 0.306 e. The Kier molecular flexibility index (Phi) is 41.3. The van der Waals surface area contributed by atoms with E-state index in [1.807, 2.05) is 0 Å². The van der Waals surface area contributed by atoms with Crippen LogP contribution in [0.1, 0.15) is 273 Å². The van der Waals surface area contributed by atoms with Gasteiger partial charge >= 0.3 is 17.9 Å². The van der Waals surface area contributed by atoms with E-state index >= 15 is 0 Å². The summed E-state index contributed by atoms with van der Waals surface area (Å²) in [6, 6.07) is 0. The first kappa shape index (κ1) is 55.4. The van der Waals surface area contributed by atoms with Crippen molar-refractivity contribution in [3.63, 3.8) is 0 Å². The first-order valence-electron chi connectivity index (χ1n) is 25.1. The van der Waals surface area contributed by atoms with Crippen LogP contribution in [0.2, 0.25) is 0 Å². The Balaban J connectivity index is 4.24. The molecular formula is C51H98O6. The Bertz CT molecular complexity index is 885. The van der Waals surface area contributed by atoms with Gasteiger partial charge in [0, 0.05) is 19.3 Å². The van der Waals surface area contributed by atoms with Crippen molar-refractivity contribution in [3.05, 3.63) is 0 Å². The normalized spacial score (nSPS) is 12.6. The van der Waals surface area contributed by atoms with Crippen LogP contribution in [0.5, 0.6) is 0 Å². The van der Waals surface area contributed by atoms with E-state index in [0.717, 1.165) is 75.5 Å². The summed E-state index contributed by atoms with van der Waals surface area (Å²) in [7, 11) is 0. The van der Waals surface area contributed by atoms with Crippen LogP contribution in [-0.4, -0.2) is 37.2 Å². The van der Waals surface area contributed by atoms with E-state index in [2.05, 4.69) is 41.5 Å². The molecule has 0 aliphatic heterocycles. The monoisotopic (exact) mass is 807 g/mol. The molecule has 0 N–H and O–H groups in total. The van der Waals surface area contributed by atoms with Crippen molar-refractivity contribution in [1.29, 1.82) is 0 Å². The summed E-state index contributed by atoms with van der Waals surface area (Å²) in [5, 5.41) is 0. The maximum atomic E-state index is 12.7. The maximum absolute atomic E-state index is 12.7. The van der Waals surface area contributed by atoms with Crippen molar-refractivity contribution < 1.29 is 28.6 Å². The van der Waals surface area contributed by atoms with Gasteiger partial charge in [-0.25, -0.2) is 0 Å². The molecule has 1 unspecified atom stereocenters. The molecule has 0 spiro atoms. The summed E-state index contributed by atoms with van der Waals surface area (Å²) in [4.78, 5) is 37.8. The highest BCUT2D eigenvalue weighted by Gasteiger charge is 2.19. The quantitative estimate of drug-likeness (QED) is 0.0347. The summed E-state index contributed by atoms with van der Waals surface area (Å²) < 4.78 is 16.8. The van der Waals surface area contributed by atoms with E-state index in [1.54, 1.807) is 0 Å². The lowest BCUT2D eigenvalue weighted by atomic mass is 9.99. The van der Waals surface area contributed by atoms with Gasteiger partial charge in [-0.2, -0.15) is 0 Å². The number of carbonyl (C=O) groups is 3. The second-order valence-electron chi connectivity index (χ2n) is 18.6. The third kappa shape index (κ3) is 43.8. The Morgan fingerprint density at radius 2 is 0.614 bits per heavy atom. The fourth-order valence-corrected chi connectivity index (χ4v) is 7.55. The number of carbonyl (C=O) groups excluding carboxylic acids is 3. The number of hydrogen-bond donors (Lipinski definition) is 0. The van der Waals surface area contributed by atoms with E-state index in [1.165, 1.54) is 154 Å². The second-order valence-corrected chi connectivity index (χ2v) is 18.6. The predicted octanol–water partition coefficient (Wildman–Crippen LogP) is 16.0. The largest absolute Gasteiger partial charge is 0.462 e. The van der Waals surface area contributed by atoms with Gasteiger partial charge in [-0.3, -0.25) is 14.4 Å². The molecule has 6 nitrogen and oxygen atoms in total. The highest BCUT2D eigenvalue weighted by molar-refractivity contribution is 5.71. The number of unbranched alkanes of at least 4 members (excludes halogenated alkanes) is 26. The van der Waals surface area contributed by atoms with Crippen molar-refractivity contribution in [1.82, 2.24) is 0 Å². The van der Waals surface area contributed by atoms with Crippen LogP contribution in [0.3, 0.4) is 0 Å². The number of hydrogen-bond acceptors (Lipinski definition) is 6. The molecule has 0 saturated carbocycles. The van der Waals surface area contributed by atoms with Gasteiger partial charge in [0.1, 0.15) is 13.2 Å². The van der Waals surface area contributed by atoms with E-state index < -0.39 is 6.10 Å². The highest BCUT2D eigenvalue weighted by atomic mass is 16.6. The fraction of sp³-hybridized carbons (Fsp3) is 0.941. The first-order valence-corrected chi connectivity index (χ1v) is 25.1. The summed E-state index contributed by atoms with van der Waals surface area (Å²) >= 11 is 0. The van der Waals surface area contributed by atoms with E-state index in [4.69, 9.17) is 14.2 Å². The summed E-state index contributed by atoms with van der Waals surface area (Å²) in [6.45, 7) is 13.7. The lowest BCUT2D eigenvalue weighted by molar-refractivity contribution is -0.167. The SMILES string of the molecule is CCC(C)CCCCCCCCCCCCCCCCC(=O)OC[C@@H](COC(=O)CCCCCCCCCCCC(C)C)OC(=O)CCCCCCCCC(C)C. The zero-order valence-corrected chi connectivity index (χ0v) is 39.1. The van der Waals surface area contributed by atoms with Gasteiger partial charge in [0.05, 0.1) is 0 Å². The minimum absolute atomic E-state index is 0.0661. The lowest BCUT2D eigenvalue weighted by Gasteiger charge is -2.18. The molecular weight excluding hydrogens is 709 g/mol. The van der Waals surface area contributed by atoms with Gasteiger partial charge in [-0.05, 0) is 37.0 Å². The molecule has 0 rings (SSSR count). The second kappa shape index (κ2) is 42.5. The minimum Gasteiger partial charge on any atom is -0.462 e. The van der Waals surface area contributed by atoms with Crippen LogP contribution in [-0.2, 0) is 28.6 Å². The molecule has 6 heteroatoms. The average Bonchev–Trinajstić information content (AvgIpc) is 3.18. The minimum atomic E-state index is -0.763. The molecule has 0 saturated heterocycles. The van der Waals surface area contributed by atoms with Crippen LogP contribution in [0.25, 0.3) is 0 Å². The topological polar surface area (TPSA) is 78.9 Å². The zero-order chi connectivity index (χ0) is 42.0. The molecule has 0 aromatic heterocycles. The number of rotatable bonds is 44. The van der Waals surface area contributed by atoms with Crippen molar-refractivity contribution >= 4 is 17.9 Å². The Hall–Kier alpha value is -1.59. The van der Waals surface area contributed by atoms with Crippen LogP contribution < -0.4 is 0 Å². The predicted molar refractivity (Wildman–Crippen MR) is 243 cm³/mol. The molecule has 0 aromatic carbocycles. The molecule has 57 heavy (non-hydrogen) atoms. The van der Waals surface area contributed by atoms with Gasteiger partial charge in [-0.15, -0.1) is 0 Å². The molecule has 2 atom stereocenters. The summed E-state index contributed by atoms with van der Waals surface area (Å²) in [6.07, 6.45) is 41.0. The van der Waals surface area contributed by atoms with E-state index in [0.29, 0.717) is 19.3 Å². The molecule has 0 heterocycles. The van der Waals surface area contributed by atoms with Gasteiger partial charge in [-0.1, -0.05) is 234 Å². The van der Waals surface area contributed by atoms with Crippen LogP contribution >= 0.6 is 0 Å². The van der Waals surface area contributed by atoms with Gasteiger partial charge < -0.3 is 14.2 Å². The third-order valence-corrected chi connectivity index (χ3v) is 11.8. The smallest absolute Gasteiger partial charge is 0.306 e.